The Morgan fingerprint density at radius 3 is 2.32 bits per heavy atom. The number of halogens is 2. The van der Waals surface area contributed by atoms with Gasteiger partial charge in [-0.25, -0.2) is 8.78 Å². The van der Waals surface area contributed by atoms with Crippen LogP contribution in [-0.2, 0) is 16.1 Å². The highest BCUT2D eigenvalue weighted by Crippen LogP contribution is 2.38. The first-order valence-electron chi connectivity index (χ1n) is 11.3. The van der Waals surface area contributed by atoms with Crippen LogP contribution in [0.1, 0.15) is 63.4 Å². The van der Waals surface area contributed by atoms with Gasteiger partial charge in [0, 0.05) is 37.2 Å². The van der Waals surface area contributed by atoms with Crippen LogP contribution in [0, 0.1) is 11.6 Å². The summed E-state index contributed by atoms with van der Waals surface area (Å²) in [6.45, 7) is 1.10. The van der Waals surface area contributed by atoms with Gasteiger partial charge in [-0.15, -0.1) is 0 Å². The molecule has 9 heteroatoms. The predicted octanol–water partition coefficient (Wildman–Crippen LogP) is 2.75. The highest BCUT2D eigenvalue weighted by Gasteiger charge is 2.41. The normalized spacial score (nSPS) is 21.0. The zero-order valence-electron chi connectivity index (χ0n) is 18.4. The van der Waals surface area contributed by atoms with Crippen molar-refractivity contribution in [3.8, 4) is 0 Å². The highest BCUT2D eigenvalue weighted by molar-refractivity contribution is 6.05. The third kappa shape index (κ3) is 3.95. The molecule has 3 aliphatic heterocycles. The molecule has 2 aromatic carbocycles. The molecule has 3 aliphatic rings. The molecule has 0 saturated carbocycles. The molecule has 34 heavy (non-hydrogen) atoms. The fraction of sp³-hybridized carbons (Fsp3) is 0.360. The lowest BCUT2D eigenvalue weighted by Crippen LogP contribution is -2.52. The average Bonchev–Trinajstić information content (AvgIpc) is 3.15. The number of imide groups is 1. The maximum absolute atomic E-state index is 14.5. The summed E-state index contributed by atoms with van der Waals surface area (Å²) in [7, 11) is 0. The van der Waals surface area contributed by atoms with E-state index in [1.54, 1.807) is 4.90 Å². The predicted molar refractivity (Wildman–Crippen MR) is 117 cm³/mol. The number of fused-ring (bicyclic) bond motifs is 1. The van der Waals surface area contributed by atoms with Gasteiger partial charge in [-0.1, -0.05) is 0 Å². The van der Waals surface area contributed by atoms with E-state index in [1.807, 2.05) is 0 Å². The van der Waals surface area contributed by atoms with Crippen molar-refractivity contribution in [3.63, 3.8) is 0 Å². The van der Waals surface area contributed by atoms with Crippen molar-refractivity contribution in [1.82, 2.24) is 15.1 Å². The number of hydrogen-bond donors (Lipinski definition) is 1. The zero-order chi connectivity index (χ0) is 24.0. The number of rotatable bonds is 3. The molecule has 2 aromatic rings. The van der Waals surface area contributed by atoms with Crippen molar-refractivity contribution in [3.05, 3.63) is 70.3 Å². The minimum absolute atomic E-state index is 0.0452. The molecule has 176 valence electrons. The van der Waals surface area contributed by atoms with Crippen molar-refractivity contribution in [2.45, 2.75) is 44.2 Å². The van der Waals surface area contributed by atoms with Gasteiger partial charge in [0.25, 0.3) is 11.8 Å². The van der Waals surface area contributed by atoms with Gasteiger partial charge in [0.05, 0.1) is 0 Å². The summed E-state index contributed by atoms with van der Waals surface area (Å²) in [5, 5.41) is 2.27. The van der Waals surface area contributed by atoms with Gasteiger partial charge in [-0.3, -0.25) is 24.5 Å². The van der Waals surface area contributed by atoms with E-state index in [0.717, 1.165) is 5.56 Å². The third-order valence-electron chi connectivity index (χ3n) is 6.97. The van der Waals surface area contributed by atoms with Crippen LogP contribution in [0.3, 0.4) is 0 Å². The molecule has 1 N–H and O–H groups in total. The maximum Gasteiger partial charge on any atom is 0.255 e. The molecule has 4 amide bonds. The number of carbonyl (C=O) groups excluding carboxylic acids is 4. The summed E-state index contributed by atoms with van der Waals surface area (Å²) in [5.41, 5.74) is 2.10. The van der Waals surface area contributed by atoms with Gasteiger partial charge < -0.3 is 9.80 Å². The van der Waals surface area contributed by atoms with Crippen LogP contribution in [0.15, 0.2) is 36.4 Å². The van der Waals surface area contributed by atoms with E-state index in [4.69, 9.17) is 0 Å². The molecule has 2 saturated heterocycles. The molecule has 1 unspecified atom stereocenters. The van der Waals surface area contributed by atoms with Gasteiger partial charge >= 0.3 is 0 Å². The average molecular weight is 467 g/mol. The molecular weight excluding hydrogens is 444 g/mol. The number of likely N-dealkylation sites (tertiary alicyclic amines) is 1. The molecule has 0 aliphatic carbocycles. The molecule has 1 atom stereocenters. The summed E-state index contributed by atoms with van der Waals surface area (Å²) >= 11 is 0. The number of hydrogen-bond acceptors (Lipinski definition) is 4. The standard InChI is InChI=1S/C25H23F2N3O4/c26-16-3-1-15(2-4-16)24(33)29-9-7-14(8-10-29)18-11-17(27)12-19-20(18)13-30(25(19)34)21-5-6-22(31)28-23(21)32/h1-4,11-12,14,21H,5-10,13H2,(H,28,31,32). The van der Waals surface area contributed by atoms with Gasteiger partial charge in [-0.2, -0.15) is 0 Å². The minimum atomic E-state index is -0.760. The first-order valence-corrected chi connectivity index (χ1v) is 11.3. The Bertz CT molecular complexity index is 1190. The van der Waals surface area contributed by atoms with E-state index in [-0.39, 0.29) is 42.7 Å². The fourth-order valence-electron chi connectivity index (χ4n) is 5.19. The van der Waals surface area contributed by atoms with Crippen LogP contribution in [0.4, 0.5) is 8.78 Å². The second-order valence-corrected chi connectivity index (χ2v) is 8.99. The van der Waals surface area contributed by atoms with E-state index in [1.165, 1.54) is 41.3 Å². The van der Waals surface area contributed by atoms with Crippen LogP contribution in [0.25, 0.3) is 0 Å². The Balaban J connectivity index is 1.33. The van der Waals surface area contributed by atoms with Crippen molar-refractivity contribution < 1.29 is 28.0 Å². The number of carbonyl (C=O) groups is 4. The Hall–Kier alpha value is -3.62. The van der Waals surface area contributed by atoms with Crippen molar-refractivity contribution >= 4 is 23.6 Å². The van der Waals surface area contributed by atoms with Gasteiger partial charge in [0.15, 0.2) is 0 Å². The molecule has 3 heterocycles. The maximum atomic E-state index is 14.5. The number of benzene rings is 2. The minimum Gasteiger partial charge on any atom is -0.339 e. The fourth-order valence-corrected chi connectivity index (χ4v) is 5.19. The summed E-state index contributed by atoms with van der Waals surface area (Å²) in [6, 6.07) is 7.31. The Morgan fingerprint density at radius 2 is 1.65 bits per heavy atom. The summed E-state index contributed by atoms with van der Waals surface area (Å²) in [6.07, 6.45) is 1.58. The van der Waals surface area contributed by atoms with E-state index in [0.29, 0.717) is 37.1 Å². The lowest BCUT2D eigenvalue weighted by molar-refractivity contribution is -0.136. The number of amides is 4. The molecule has 2 fully saturated rings. The monoisotopic (exact) mass is 467 g/mol. The smallest absolute Gasteiger partial charge is 0.255 e. The number of nitrogens with one attached hydrogen (secondary N) is 1. The Kier molecular flexibility index (Phi) is 5.63. The Labute approximate surface area is 194 Å². The second-order valence-electron chi connectivity index (χ2n) is 8.99. The molecule has 0 radical (unpaired) electrons. The summed E-state index contributed by atoms with van der Waals surface area (Å²) in [5.74, 6) is -2.42. The van der Waals surface area contributed by atoms with Crippen LogP contribution in [0.5, 0.6) is 0 Å². The van der Waals surface area contributed by atoms with Crippen molar-refractivity contribution in [1.29, 1.82) is 0 Å². The number of nitrogens with zero attached hydrogens (tertiary/aromatic N) is 2. The van der Waals surface area contributed by atoms with Crippen LogP contribution in [-0.4, -0.2) is 52.6 Å². The highest BCUT2D eigenvalue weighted by atomic mass is 19.1. The lowest BCUT2D eigenvalue weighted by Gasteiger charge is -2.33. The van der Waals surface area contributed by atoms with Crippen molar-refractivity contribution in [2.24, 2.45) is 0 Å². The first kappa shape index (κ1) is 22.2. The quantitative estimate of drug-likeness (QED) is 0.704. The topological polar surface area (TPSA) is 86.8 Å². The molecule has 7 nitrogen and oxygen atoms in total. The van der Waals surface area contributed by atoms with Crippen LogP contribution < -0.4 is 5.32 Å². The largest absolute Gasteiger partial charge is 0.339 e. The van der Waals surface area contributed by atoms with Crippen LogP contribution in [0.2, 0.25) is 0 Å². The van der Waals surface area contributed by atoms with Crippen molar-refractivity contribution in [2.75, 3.05) is 13.1 Å². The van der Waals surface area contributed by atoms with Gasteiger partial charge in [0.2, 0.25) is 11.8 Å². The Morgan fingerprint density at radius 1 is 0.941 bits per heavy atom. The lowest BCUT2D eigenvalue weighted by atomic mass is 9.85. The number of piperidine rings is 2. The second kappa shape index (κ2) is 8.62. The third-order valence-corrected chi connectivity index (χ3v) is 6.97. The SMILES string of the molecule is O=C1CCC(N2Cc3c(cc(F)cc3C3CCN(C(=O)c4ccc(F)cc4)CC3)C2=O)C(=O)N1. The molecule has 5 rings (SSSR count). The first-order chi connectivity index (χ1) is 16.3. The molecule has 0 aromatic heterocycles. The molecule has 0 bridgehead atoms. The summed E-state index contributed by atoms with van der Waals surface area (Å²) in [4.78, 5) is 52.7. The summed E-state index contributed by atoms with van der Waals surface area (Å²) < 4.78 is 27.7. The van der Waals surface area contributed by atoms with Gasteiger partial charge in [0.1, 0.15) is 17.7 Å². The van der Waals surface area contributed by atoms with E-state index in [2.05, 4.69) is 5.32 Å². The zero-order valence-corrected chi connectivity index (χ0v) is 18.4. The van der Waals surface area contributed by atoms with E-state index in [9.17, 15) is 28.0 Å². The molecule has 0 spiro atoms. The molecular formula is C25H23F2N3O4. The van der Waals surface area contributed by atoms with Crippen LogP contribution >= 0.6 is 0 Å². The van der Waals surface area contributed by atoms with E-state index < -0.39 is 29.5 Å². The van der Waals surface area contributed by atoms with Gasteiger partial charge in [-0.05, 0) is 72.7 Å². The van der Waals surface area contributed by atoms with E-state index >= 15 is 0 Å².